The van der Waals surface area contributed by atoms with Gasteiger partial charge in [-0.05, 0) is 37.5 Å². The van der Waals surface area contributed by atoms with Gasteiger partial charge < -0.3 is 10.4 Å². The van der Waals surface area contributed by atoms with Gasteiger partial charge in [-0.2, -0.15) is 13.2 Å². The van der Waals surface area contributed by atoms with Crippen LogP contribution in [0.5, 0.6) is 0 Å². The van der Waals surface area contributed by atoms with Gasteiger partial charge in [0.05, 0.1) is 11.2 Å². The predicted octanol–water partition coefficient (Wildman–Crippen LogP) is 4.68. The zero-order chi connectivity index (χ0) is 15.6. The van der Waals surface area contributed by atoms with Crippen molar-refractivity contribution >= 4 is 21.6 Å². The van der Waals surface area contributed by atoms with Crippen molar-refractivity contribution in [3.05, 3.63) is 28.2 Å². The molecule has 0 aliphatic carbocycles. The van der Waals surface area contributed by atoms with Gasteiger partial charge in [-0.25, -0.2) is 0 Å². The van der Waals surface area contributed by atoms with Crippen molar-refractivity contribution < 1.29 is 18.3 Å². The number of nitrogens with one attached hydrogen (secondary N) is 1. The van der Waals surface area contributed by atoms with Gasteiger partial charge in [-0.3, -0.25) is 0 Å². The fourth-order valence-corrected chi connectivity index (χ4v) is 2.51. The predicted molar refractivity (Wildman–Crippen MR) is 77.7 cm³/mol. The maximum Gasteiger partial charge on any atom is 0.418 e. The smallest absolute Gasteiger partial charge is 0.388 e. The maximum atomic E-state index is 12.9. The molecule has 1 aromatic rings. The minimum Gasteiger partial charge on any atom is -0.388 e. The van der Waals surface area contributed by atoms with Crippen molar-refractivity contribution in [3.8, 4) is 0 Å². The molecule has 0 heterocycles. The second-order valence-electron chi connectivity index (χ2n) is 5.64. The summed E-state index contributed by atoms with van der Waals surface area (Å²) in [5.41, 5.74) is -1.82. The number of hydrogen-bond acceptors (Lipinski definition) is 2. The van der Waals surface area contributed by atoms with Crippen LogP contribution in [-0.2, 0) is 6.18 Å². The average molecular weight is 354 g/mol. The topological polar surface area (TPSA) is 32.3 Å². The molecule has 6 heteroatoms. The first-order valence-electron chi connectivity index (χ1n) is 6.34. The van der Waals surface area contributed by atoms with Crippen LogP contribution in [0.3, 0.4) is 0 Å². The van der Waals surface area contributed by atoms with E-state index in [1.807, 2.05) is 13.8 Å². The van der Waals surface area contributed by atoms with Gasteiger partial charge >= 0.3 is 6.18 Å². The van der Waals surface area contributed by atoms with Gasteiger partial charge in [-0.1, -0.05) is 29.8 Å². The molecule has 0 aliphatic heterocycles. The Morgan fingerprint density at radius 3 is 2.40 bits per heavy atom. The number of rotatable bonds is 5. The molecular formula is C14H19BrF3NO. The molecule has 0 saturated carbocycles. The molecule has 1 unspecified atom stereocenters. The fraction of sp³-hybridized carbons (Fsp3) is 0.571. The lowest BCUT2D eigenvalue weighted by atomic mass is 9.94. The normalized spacial score (nSPS) is 15.2. The molecule has 0 aliphatic rings. The van der Waals surface area contributed by atoms with Crippen LogP contribution < -0.4 is 5.32 Å². The highest BCUT2D eigenvalue weighted by atomic mass is 79.9. The number of aliphatic hydroxyl groups is 1. The molecule has 114 valence electrons. The number of benzene rings is 1. The van der Waals surface area contributed by atoms with E-state index in [1.54, 1.807) is 6.92 Å². The summed E-state index contributed by atoms with van der Waals surface area (Å²) in [5.74, 6) is 0.261. The van der Waals surface area contributed by atoms with Crippen LogP contribution in [0, 0.1) is 5.92 Å². The van der Waals surface area contributed by atoms with Crippen LogP contribution in [0.25, 0.3) is 0 Å². The highest BCUT2D eigenvalue weighted by molar-refractivity contribution is 9.10. The van der Waals surface area contributed by atoms with Crippen molar-refractivity contribution in [2.45, 2.75) is 39.0 Å². The molecule has 20 heavy (non-hydrogen) atoms. The maximum absolute atomic E-state index is 12.9. The summed E-state index contributed by atoms with van der Waals surface area (Å²) in [6.45, 7) is 5.58. The Balaban J connectivity index is 2.89. The summed E-state index contributed by atoms with van der Waals surface area (Å²) >= 11 is 3.15. The Labute approximate surface area is 125 Å². The van der Waals surface area contributed by atoms with Crippen LogP contribution in [-0.4, -0.2) is 17.3 Å². The molecule has 2 nitrogen and oxygen atoms in total. The molecule has 0 aromatic heterocycles. The zero-order valence-corrected chi connectivity index (χ0v) is 13.3. The van der Waals surface area contributed by atoms with E-state index in [1.165, 1.54) is 12.1 Å². The lowest BCUT2D eigenvalue weighted by molar-refractivity contribution is -0.137. The number of alkyl halides is 3. The number of anilines is 1. The molecule has 0 bridgehead atoms. The van der Waals surface area contributed by atoms with Crippen LogP contribution >= 0.6 is 15.9 Å². The first-order chi connectivity index (χ1) is 9.01. The quantitative estimate of drug-likeness (QED) is 0.805. The second kappa shape index (κ2) is 6.35. The van der Waals surface area contributed by atoms with Crippen LogP contribution in [0.4, 0.5) is 18.9 Å². The van der Waals surface area contributed by atoms with Gasteiger partial charge in [-0.15, -0.1) is 0 Å². The summed E-state index contributed by atoms with van der Waals surface area (Å²) in [4.78, 5) is 0. The third kappa shape index (κ3) is 5.32. The van der Waals surface area contributed by atoms with Crippen molar-refractivity contribution in [2.24, 2.45) is 5.92 Å². The van der Waals surface area contributed by atoms with Gasteiger partial charge in [0, 0.05) is 16.7 Å². The Kier molecular flexibility index (Phi) is 5.49. The third-order valence-electron chi connectivity index (χ3n) is 2.79. The highest BCUT2D eigenvalue weighted by Crippen LogP contribution is 2.36. The van der Waals surface area contributed by atoms with Gasteiger partial charge in [0.2, 0.25) is 0 Å². The van der Waals surface area contributed by atoms with E-state index in [9.17, 15) is 18.3 Å². The molecule has 0 saturated heterocycles. The Morgan fingerprint density at radius 2 is 1.90 bits per heavy atom. The highest BCUT2D eigenvalue weighted by Gasteiger charge is 2.34. The number of hydrogen-bond donors (Lipinski definition) is 2. The van der Waals surface area contributed by atoms with Crippen molar-refractivity contribution in [2.75, 3.05) is 11.9 Å². The van der Waals surface area contributed by atoms with E-state index in [0.29, 0.717) is 10.9 Å². The Hall–Kier alpha value is -0.750. The SMILES string of the molecule is CC(C)CC(C)(O)CNc1cc(Br)ccc1C(F)(F)F. The van der Waals surface area contributed by atoms with E-state index in [0.717, 1.165) is 6.07 Å². The van der Waals surface area contributed by atoms with E-state index < -0.39 is 17.3 Å². The summed E-state index contributed by atoms with van der Waals surface area (Å²) in [5, 5.41) is 12.9. The lowest BCUT2D eigenvalue weighted by Gasteiger charge is -2.27. The zero-order valence-electron chi connectivity index (χ0n) is 11.7. The second-order valence-corrected chi connectivity index (χ2v) is 6.55. The van der Waals surface area contributed by atoms with Crippen molar-refractivity contribution in [1.29, 1.82) is 0 Å². The molecular weight excluding hydrogens is 335 g/mol. The average Bonchev–Trinajstić information content (AvgIpc) is 2.23. The molecule has 0 fully saturated rings. The van der Waals surface area contributed by atoms with Crippen LogP contribution in [0.2, 0.25) is 0 Å². The number of halogens is 4. The van der Waals surface area contributed by atoms with E-state index in [4.69, 9.17) is 0 Å². The molecule has 0 spiro atoms. The Morgan fingerprint density at radius 1 is 1.30 bits per heavy atom. The summed E-state index contributed by atoms with van der Waals surface area (Å²) < 4.78 is 39.2. The summed E-state index contributed by atoms with van der Waals surface area (Å²) in [6, 6.07) is 3.73. The van der Waals surface area contributed by atoms with Crippen LogP contribution in [0.15, 0.2) is 22.7 Å². The first kappa shape index (κ1) is 17.3. The summed E-state index contributed by atoms with van der Waals surface area (Å²) in [7, 11) is 0. The van der Waals surface area contributed by atoms with Gasteiger partial charge in [0.25, 0.3) is 0 Å². The first-order valence-corrected chi connectivity index (χ1v) is 7.13. The third-order valence-corrected chi connectivity index (χ3v) is 3.29. The van der Waals surface area contributed by atoms with Crippen molar-refractivity contribution in [3.63, 3.8) is 0 Å². The summed E-state index contributed by atoms with van der Waals surface area (Å²) in [6.07, 6.45) is -3.91. The van der Waals surface area contributed by atoms with Gasteiger partial charge in [0.15, 0.2) is 0 Å². The molecule has 0 radical (unpaired) electrons. The van der Waals surface area contributed by atoms with E-state index in [2.05, 4.69) is 21.2 Å². The van der Waals surface area contributed by atoms with E-state index >= 15 is 0 Å². The monoisotopic (exact) mass is 353 g/mol. The largest absolute Gasteiger partial charge is 0.418 e. The van der Waals surface area contributed by atoms with E-state index in [-0.39, 0.29) is 18.2 Å². The molecule has 0 amide bonds. The lowest BCUT2D eigenvalue weighted by Crippen LogP contribution is -2.35. The Bertz CT molecular complexity index is 458. The molecule has 1 rings (SSSR count). The minimum absolute atomic E-state index is 0.0316. The van der Waals surface area contributed by atoms with Gasteiger partial charge in [0.1, 0.15) is 0 Å². The molecule has 1 atom stereocenters. The standard InChI is InChI=1S/C14H19BrF3NO/c1-9(2)7-13(3,20)8-19-12-6-10(15)4-5-11(12)14(16,17)18/h4-6,9,19-20H,7-8H2,1-3H3. The van der Waals surface area contributed by atoms with Crippen molar-refractivity contribution in [1.82, 2.24) is 0 Å². The fourth-order valence-electron chi connectivity index (χ4n) is 2.15. The van der Waals surface area contributed by atoms with Crippen LogP contribution in [0.1, 0.15) is 32.8 Å². The molecule has 2 N–H and O–H groups in total. The molecule has 1 aromatic carbocycles. The minimum atomic E-state index is -4.42.